The van der Waals surface area contributed by atoms with Crippen LogP contribution in [0.1, 0.15) is 11.1 Å². The number of nitrogens with zero attached hydrogens (tertiary/aromatic N) is 1. The molecule has 0 aromatic heterocycles. The molecule has 0 spiro atoms. The molecule has 1 aliphatic carbocycles. The van der Waals surface area contributed by atoms with Crippen LogP contribution in [0, 0.1) is 0 Å². The van der Waals surface area contributed by atoms with Gasteiger partial charge in [0.15, 0.2) is 0 Å². The van der Waals surface area contributed by atoms with Gasteiger partial charge < -0.3 is 15.3 Å². The van der Waals surface area contributed by atoms with Crippen molar-refractivity contribution in [1.82, 2.24) is 0 Å². The Morgan fingerprint density at radius 1 is 1.04 bits per heavy atom. The maximum Gasteiger partial charge on any atom is 0.328 e. The van der Waals surface area contributed by atoms with E-state index < -0.39 is 11.9 Å². The topological polar surface area (TPSA) is 69.6 Å². The lowest BCUT2D eigenvalue weighted by atomic mass is 10.0. The zero-order chi connectivity index (χ0) is 17.3. The minimum atomic E-state index is -1.15. The van der Waals surface area contributed by atoms with Gasteiger partial charge in [0.05, 0.1) is 0 Å². The average Bonchev–Trinajstić information content (AvgIpc) is 2.89. The molecular weight excluding hydrogens is 304 g/mol. The molecule has 1 amide bonds. The van der Waals surface area contributed by atoms with Crippen molar-refractivity contribution in [3.05, 3.63) is 59.7 Å². The van der Waals surface area contributed by atoms with Gasteiger partial charge in [-0.2, -0.15) is 0 Å². The zero-order valence-electron chi connectivity index (χ0n) is 13.5. The van der Waals surface area contributed by atoms with Crippen LogP contribution in [0.3, 0.4) is 0 Å². The molecule has 2 aromatic carbocycles. The lowest BCUT2D eigenvalue weighted by Crippen LogP contribution is -2.08. The molecular formula is C19H18N2O3. The Labute approximate surface area is 140 Å². The Hall–Kier alpha value is -3.08. The van der Waals surface area contributed by atoms with Crippen molar-refractivity contribution in [2.24, 2.45) is 0 Å². The molecule has 0 bridgehead atoms. The number of carboxylic acids is 1. The molecule has 24 heavy (non-hydrogen) atoms. The van der Waals surface area contributed by atoms with E-state index in [9.17, 15) is 9.59 Å². The fourth-order valence-electron chi connectivity index (χ4n) is 2.88. The van der Waals surface area contributed by atoms with Gasteiger partial charge in [-0.25, -0.2) is 4.79 Å². The van der Waals surface area contributed by atoms with E-state index in [1.165, 1.54) is 16.7 Å². The molecule has 0 aliphatic heterocycles. The Bertz CT molecular complexity index is 854. The first-order valence-corrected chi connectivity index (χ1v) is 7.59. The SMILES string of the molecule is CN(C)c1ccc2c(c1)Cc1cc(NC(=O)/C=C/C(=O)O)ccc1-2. The van der Waals surface area contributed by atoms with E-state index in [1.54, 1.807) is 0 Å². The standard InChI is InChI=1S/C19H18N2O3/c1-21(2)15-4-6-17-13(11-15)9-12-10-14(3-5-16(12)17)20-18(22)7-8-19(23)24/h3-8,10-11H,9H2,1-2H3,(H,20,22)(H,23,24)/b8-7+. The van der Waals surface area contributed by atoms with E-state index in [0.717, 1.165) is 29.8 Å². The van der Waals surface area contributed by atoms with Gasteiger partial charge in [0, 0.05) is 37.6 Å². The molecule has 5 heteroatoms. The minimum absolute atomic E-state index is 0.456. The van der Waals surface area contributed by atoms with Crippen LogP contribution >= 0.6 is 0 Å². The number of hydrogen-bond acceptors (Lipinski definition) is 3. The first kappa shape index (κ1) is 15.8. The highest BCUT2D eigenvalue weighted by molar-refractivity contribution is 6.02. The number of carbonyl (C=O) groups is 2. The summed E-state index contributed by atoms with van der Waals surface area (Å²) >= 11 is 0. The van der Waals surface area contributed by atoms with Gasteiger partial charge in [0.2, 0.25) is 5.91 Å². The van der Waals surface area contributed by atoms with Crippen LogP contribution in [0.2, 0.25) is 0 Å². The Morgan fingerprint density at radius 3 is 2.38 bits per heavy atom. The van der Waals surface area contributed by atoms with Gasteiger partial charge in [0.1, 0.15) is 0 Å². The normalized spacial score (nSPS) is 11.9. The summed E-state index contributed by atoms with van der Waals surface area (Å²) in [5, 5.41) is 11.2. The van der Waals surface area contributed by atoms with Gasteiger partial charge in [-0.15, -0.1) is 0 Å². The number of aliphatic carboxylic acids is 1. The number of amides is 1. The minimum Gasteiger partial charge on any atom is -0.478 e. The van der Waals surface area contributed by atoms with Crippen molar-refractivity contribution in [3.63, 3.8) is 0 Å². The molecule has 1 aliphatic rings. The molecule has 2 N–H and O–H groups in total. The first-order valence-electron chi connectivity index (χ1n) is 7.59. The summed E-state index contributed by atoms with van der Waals surface area (Å²) in [5.41, 5.74) is 6.64. The lowest BCUT2D eigenvalue weighted by Gasteiger charge is -2.13. The number of benzene rings is 2. The smallest absolute Gasteiger partial charge is 0.328 e. The molecule has 2 aromatic rings. The van der Waals surface area contributed by atoms with E-state index >= 15 is 0 Å². The van der Waals surface area contributed by atoms with Crippen LogP contribution in [0.25, 0.3) is 11.1 Å². The highest BCUT2D eigenvalue weighted by Crippen LogP contribution is 2.39. The van der Waals surface area contributed by atoms with E-state index in [0.29, 0.717) is 5.69 Å². The van der Waals surface area contributed by atoms with E-state index in [4.69, 9.17) is 5.11 Å². The number of carboxylic acid groups (broad SMARTS) is 1. The highest BCUT2D eigenvalue weighted by atomic mass is 16.4. The van der Waals surface area contributed by atoms with Crippen LogP contribution in [-0.2, 0) is 16.0 Å². The molecule has 0 saturated carbocycles. The second-order valence-corrected chi connectivity index (χ2v) is 5.95. The maximum atomic E-state index is 11.7. The van der Waals surface area contributed by atoms with E-state index in [1.807, 2.05) is 32.3 Å². The molecule has 0 fully saturated rings. The summed E-state index contributed by atoms with van der Waals surface area (Å²) in [5.74, 6) is -1.60. The molecule has 0 atom stereocenters. The molecule has 0 heterocycles. The predicted octanol–water partition coefficient (Wildman–Crippen LogP) is 2.90. The van der Waals surface area contributed by atoms with Crippen molar-refractivity contribution in [2.45, 2.75) is 6.42 Å². The van der Waals surface area contributed by atoms with Crippen molar-refractivity contribution in [2.75, 3.05) is 24.3 Å². The fourth-order valence-corrected chi connectivity index (χ4v) is 2.88. The first-order chi connectivity index (χ1) is 11.4. The van der Waals surface area contributed by atoms with Gasteiger partial charge in [-0.3, -0.25) is 4.79 Å². The number of hydrogen-bond donors (Lipinski definition) is 2. The summed E-state index contributed by atoms with van der Waals surface area (Å²) in [7, 11) is 4.03. The van der Waals surface area contributed by atoms with Gasteiger partial charge in [0.25, 0.3) is 0 Å². The summed E-state index contributed by atoms with van der Waals surface area (Å²) in [4.78, 5) is 24.2. The summed E-state index contributed by atoms with van der Waals surface area (Å²) in [6.45, 7) is 0. The number of anilines is 2. The highest BCUT2D eigenvalue weighted by Gasteiger charge is 2.19. The molecule has 0 saturated heterocycles. The van der Waals surface area contributed by atoms with Crippen molar-refractivity contribution in [3.8, 4) is 11.1 Å². The third kappa shape index (κ3) is 3.15. The second kappa shape index (κ2) is 6.20. The summed E-state index contributed by atoms with van der Waals surface area (Å²) in [6.07, 6.45) is 2.65. The molecule has 0 radical (unpaired) electrons. The largest absolute Gasteiger partial charge is 0.478 e. The van der Waals surface area contributed by atoms with Crippen molar-refractivity contribution >= 4 is 23.3 Å². The molecule has 122 valence electrons. The molecule has 5 nitrogen and oxygen atoms in total. The quantitative estimate of drug-likeness (QED) is 0.725. The van der Waals surface area contributed by atoms with Crippen LogP contribution in [0.5, 0.6) is 0 Å². The number of fused-ring (bicyclic) bond motifs is 3. The number of nitrogens with one attached hydrogen (secondary N) is 1. The maximum absolute atomic E-state index is 11.7. The Morgan fingerprint density at radius 2 is 1.71 bits per heavy atom. The second-order valence-electron chi connectivity index (χ2n) is 5.95. The van der Waals surface area contributed by atoms with Gasteiger partial charge in [-0.1, -0.05) is 12.1 Å². The Kier molecular flexibility index (Phi) is 4.08. The van der Waals surface area contributed by atoms with E-state index in [2.05, 4.69) is 28.4 Å². The van der Waals surface area contributed by atoms with Crippen molar-refractivity contribution in [1.29, 1.82) is 0 Å². The summed E-state index contributed by atoms with van der Waals surface area (Å²) in [6, 6.07) is 12.2. The molecule has 3 rings (SSSR count). The van der Waals surface area contributed by atoms with E-state index in [-0.39, 0.29) is 0 Å². The number of rotatable bonds is 4. The van der Waals surface area contributed by atoms with Crippen LogP contribution in [-0.4, -0.2) is 31.1 Å². The lowest BCUT2D eigenvalue weighted by molar-refractivity contribution is -0.131. The average molecular weight is 322 g/mol. The predicted molar refractivity (Wildman–Crippen MR) is 94.4 cm³/mol. The number of carbonyl (C=O) groups excluding carboxylic acids is 1. The summed E-state index contributed by atoms with van der Waals surface area (Å²) < 4.78 is 0. The zero-order valence-corrected chi connectivity index (χ0v) is 13.5. The molecule has 0 unspecified atom stereocenters. The fraction of sp³-hybridized carbons (Fsp3) is 0.158. The van der Waals surface area contributed by atoms with Crippen LogP contribution in [0.15, 0.2) is 48.6 Å². The van der Waals surface area contributed by atoms with Crippen LogP contribution in [0.4, 0.5) is 11.4 Å². The monoisotopic (exact) mass is 322 g/mol. The third-order valence-electron chi connectivity index (χ3n) is 4.03. The van der Waals surface area contributed by atoms with Gasteiger partial charge >= 0.3 is 5.97 Å². The Balaban J connectivity index is 1.82. The third-order valence-corrected chi connectivity index (χ3v) is 4.03. The van der Waals surface area contributed by atoms with Crippen molar-refractivity contribution < 1.29 is 14.7 Å². The van der Waals surface area contributed by atoms with Gasteiger partial charge in [-0.05, 0) is 52.9 Å². The van der Waals surface area contributed by atoms with Crippen LogP contribution < -0.4 is 10.2 Å².